The summed E-state index contributed by atoms with van der Waals surface area (Å²) in [5.74, 6) is 1.21. The number of halogens is 1. The number of benzene rings is 2. The molecule has 0 aliphatic carbocycles. The highest BCUT2D eigenvalue weighted by Crippen LogP contribution is 2.38. The molecule has 1 atom stereocenters. The largest absolute Gasteiger partial charge is 0.370 e. The van der Waals surface area contributed by atoms with Crippen LogP contribution in [0.1, 0.15) is 30.7 Å². The van der Waals surface area contributed by atoms with Gasteiger partial charge in [0.25, 0.3) is 0 Å². The molecule has 3 aromatic rings. The van der Waals surface area contributed by atoms with Crippen molar-refractivity contribution in [3.8, 4) is 10.4 Å². The van der Waals surface area contributed by atoms with Gasteiger partial charge in [-0.15, -0.1) is 11.3 Å². The lowest BCUT2D eigenvalue weighted by Crippen LogP contribution is -2.38. The van der Waals surface area contributed by atoms with Crippen LogP contribution in [0.3, 0.4) is 0 Å². The van der Waals surface area contributed by atoms with Crippen LogP contribution in [-0.2, 0) is 0 Å². The summed E-state index contributed by atoms with van der Waals surface area (Å²) in [6, 6.07) is 20.2. The Morgan fingerprint density at radius 2 is 1.63 bits per heavy atom. The molecule has 156 valence electrons. The van der Waals surface area contributed by atoms with Crippen molar-refractivity contribution in [2.75, 3.05) is 37.6 Å². The maximum absolute atomic E-state index is 13.2. The minimum absolute atomic E-state index is 0.138. The smallest absolute Gasteiger partial charge is 0.123 e. The lowest BCUT2D eigenvalue weighted by molar-refractivity contribution is 0.247. The number of hydrogen-bond acceptors (Lipinski definition) is 3. The SMILES string of the molecule is Fc1ccc(C2CCN(CC3CCN(c4ccsc4-c4ccccc4)CC3)C2)cc1. The maximum atomic E-state index is 13.2. The Hall–Kier alpha value is -2.17. The van der Waals surface area contributed by atoms with Crippen LogP contribution in [0.25, 0.3) is 10.4 Å². The number of hydrogen-bond donors (Lipinski definition) is 0. The average Bonchev–Trinajstić information content (AvgIpc) is 3.46. The molecule has 1 aromatic heterocycles. The molecule has 0 spiro atoms. The molecule has 0 amide bonds. The number of likely N-dealkylation sites (tertiary alicyclic amines) is 1. The Morgan fingerprint density at radius 1 is 0.867 bits per heavy atom. The highest BCUT2D eigenvalue weighted by molar-refractivity contribution is 7.14. The molecule has 2 aromatic carbocycles. The topological polar surface area (TPSA) is 6.48 Å². The van der Waals surface area contributed by atoms with E-state index < -0.39 is 0 Å². The third-order valence-corrected chi connectivity index (χ3v) is 7.72. The minimum atomic E-state index is -0.138. The Morgan fingerprint density at radius 3 is 2.40 bits per heavy atom. The van der Waals surface area contributed by atoms with Crippen molar-refractivity contribution in [2.45, 2.75) is 25.2 Å². The third-order valence-electron chi connectivity index (χ3n) is 6.77. The average molecular weight is 421 g/mol. The van der Waals surface area contributed by atoms with Crippen LogP contribution in [0.4, 0.5) is 10.1 Å². The molecule has 1 unspecified atom stereocenters. The Labute approximate surface area is 183 Å². The second kappa shape index (κ2) is 8.91. The number of thiophene rings is 1. The Bertz CT molecular complexity index is 945. The molecule has 0 N–H and O–H groups in total. The maximum Gasteiger partial charge on any atom is 0.123 e. The van der Waals surface area contributed by atoms with Crippen molar-refractivity contribution >= 4 is 17.0 Å². The summed E-state index contributed by atoms with van der Waals surface area (Å²) in [7, 11) is 0. The van der Waals surface area contributed by atoms with Crippen LogP contribution in [-0.4, -0.2) is 37.6 Å². The molecular formula is C26H29FN2S. The highest BCUT2D eigenvalue weighted by atomic mass is 32.1. The molecule has 3 heterocycles. The fraction of sp³-hybridized carbons (Fsp3) is 0.385. The summed E-state index contributed by atoms with van der Waals surface area (Å²) in [5, 5.41) is 2.23. The van der Waals surface area contributed by atoms with Crippen molar-refractivity contribution in [1.29, 1.82) is 0 Å². The molecular weight excluding hydrogens is 391 g/mol. The van der Waals surface area contributed by atoms with E-state index in [0.717, 1.165) is 25.6 Å². The van der Waals surface area contributed by atoms with E-state index in [1.165, 1.54) is 54.0 Å². The summed E-state index contributed by atoms with van der Waals surface area (Å²) in [6.07, 6.45) is 3.73. The van der Waals surface area contributed by atoms with E-state index in [9.17, 15) is 4.39 Å². The quantitative estimate of drug-likeness (QED) is 0.481. The van der Waals surface area contributed by atoms with Gasteiger partial charge in [0.05, 0.1) is 10.6 Å². The van der Waals surface area contributed by atoms with Crippen LogP contribution in [0.5, 0.6) is 0 Å². The summed E-state index contributed by atoms with van der Waals surface area (Å²) in [5.41, 5.74) is 4.02. The molecule has 2 saturated heterocycles. The van der Waals surface area contributed by atoms with E-state index in [4.69, 9.17) is 0 Å². The van der Waals surface area contributed by atoms with Crippen LogP contribution >= 0.6 is 11.3 Å². The molecule has 2 fully saturated rings. The second-order valence-corrected chi connectivity index (χ2v) is 9.64. The first-order valence-electron chi connectivity index (χ1n) is 11.1. The zero-order valence-electron chi connectivity index (χ0n) is 17.3. The molecule has 0 radical (unpaired) electrons. The third kappa shape index (κ3) is 4.30. The molecule has 30 heavy (non-hydrogen) atoms. The zero-order chi connectivity index (χ0) is 20.3. The van der Waals surface area contributed by atoms with Gasteiger partial charge < -0.3 is 9.80 Å². The number of rotatable bonds is 5. The predicted molar refractivity (Wildman–Crippen MR) is 125 cm³/mol. The fourth-order valence-corrected chi connectivity index (χ4v) is 6.01. The first-order chi connectivity index (χ1) is 14.8. The van der Waals surface area contributed by atoms with Gasteiger partial charge in [0, 0.05) is 26.2 Å². The zero-order valence-corrected chi connectivity index (χ0v) is 18.2. The van der Waals surface area contributed by atoms with Crippen molar-refractivity contribution in [1.82, 2.24) is 4.90 Å². The molecule has 5 rings (SSSR count). The lowest BCUT2D eigenvalue weighted by Gasteiger charge is -2.35. The normalized spacial score (nSPS) is 20.7. The Kier molecular flexibility index (Phi) is 5.87. The number of piperidine rings is 1. The monoisotopic (exact) mass is 420 g/mol. The number of anilines is 1. The van der Waals surface area contributed by atoms with Crippen molar-refractivity contribution in [3.63, 3.8) is 0 Å². The van der Waals surface area contributed by atoms with E-state index in [0.29, 0.717) is 5.92 Å². The minimum Gasteiger partial charge on any atom is -0.370 e. The van der Waals surface area contributed by atoms with Gasteiger partial charge >= 0.3 is 0 Å². The molecule has 0 bridgehead atoms. The van der Waals surface area contributed by atoms with Crippen LogP contribution in [0.15, 0.2) is 66.0 Å². The van der Waals surface area contributed by atoms with Gasteiger partial charge in [-0.2, -0.15) is 0 Å². The molecule has 2 nitrogen and oxygen atoms in total. The van der Waals surface area contributed by atoms with Crippen LogP contribution in [0, 0.1) is 11.7 Å². The van der Waals surface area contributed by atoms with Gasteiger partial charge in [0.2, 0.25) is 0 Å². The summed E-state index contributed by atoms with van der Waals surface area (Å²) in [6.45, 7) is 5.80. The van der Waals surface area contributed by atoms with E-state index in [1.54, 1.807) is 12.1 Å². The number of nitrogens with zero attached hydrogens (tertiary/aromatic N) is 2. The van der Waals surface area contributed by atoms with E-state index >= 15 is 0 Å². The van der Waals surface area contributed by atoms with Crippen LogP contribution < -0.4 is 4.90 Å². The fourth-order valence-electron chi connectivity index (χ4n) is 5.08. The van der Waals surface area contributed by atoms with Gasteiger partial charge in [-0.3, -0.25) is 0 Å². The summed E-state index contributed by atoms with van der Waals surface area (Å²) in [4.78, 5) is 6.62. The first kappa shape index (κ1) is 19.8. The van der Waals surface area contributed by atoms with E-state index in [-0.39, 0.29) is 5.82 Å². The van der Waals surface area contributed by atoms with Crippen molar-refractivity contribution in [2.24, 2.45) is 5.92 Å². The second-order valence-electron chi connectivity index (χ2n) is 8.73. The van der Waals surface area contributed by atoms with E-state index in [1.807, 2.05) is 23.5 Å². The molecule has 0 saturated carbocycles. The Balaban J connectivity index is 1.15. The molecule has 2 aliphatic rings. The van der Waals surface area contributed by atoms with Gasteiger partial charge in [0.1, 0.15) is 5.82 Å². The predicted octanol–water partition coefficient (Wildman–Crippen LogP) is 6.26. The summed E-state index contributed by atoms with van der Waals surface area (Å²) < 4.78 is 13.2. The highest BCUT2D eigenvalue weighted by Gasteiger charge is 2.28. The molecule has 2 aliphatic heterocycles. The van der Waals surface area contributed by atoms with Gasteiger partial charge in [-0.25, -0.2) is 4.39 Å². The van der Waals surface area contributed by atoms with Gasteiger partial charge in [-0.05, 0) is 72.3 Å². The van der Waals surface area contributed by atoms with Gasteiger partial charge in [0.15, 0.2) is 0 Å². The van der Waals surface area contributed by atoms with Crippen molar-refractivity contribution < 1.29 is 4.39 Å². The first-order valence-corrected chi connectivity index (χ1v) is 12.0. The molecule has 4 heteroatoms. The standard InChI is InChI=1S/C26H29FN2S/c27-24-8-6-21(7-9-24)23-12-14-28(19-23)18-20-10-15-29(16-11-20)25-13-17-30-26(25)22-4-2-1-3-5-22/h1-9,13,17,20,23H,10-12,14-16,18-19H2. The lowest BCUT2D eigenvalue weighted by atomic mass is 9.95. The van der Waals surface area contributed by atoms with Crippen molar-refractivity contribution in [3.05, 3.63) is 77.4 Å². The van der Waals surface area contributed by atoms with Gasteiger partial charge in [-0.1, -0.05) is 42.5 Å². The summed E-state index contributed by atoms with van der Waals surface area (Å²) >= 11 is 1.85. The van der Waals surface area contributed by atoms with Crippen LogP contribution in [0.2, 0.25) is 0 Å². The van der Waals surface area contributed by atoms with E-state index in [2.05, 4.69) is 51.6 Å².